The van der Waals surface area contributed by atoms with Crippen molar-refractivity contribution in [1.82, 2.24) is 0 Å². The quantitative estimate of drug-likeness (QED) is 0.393. The summed E-state index contributed by atoms with van der Waals surface area (Å²) in [6.07, 6.45) is -1.96. The topological polar surface area (TPSA) is 9.23 Å². The third-order valence-corrected chi connectivity index (χ3v) is 0.919. The summed E-state index contributed by atoms with van der Waals surface area (Å²) in [5.41, 5.74) is 0. The standard InChI is InChI=1S/C6H12OS2/c1-2-3-4-5-7-6(8)9/h2-5H2,1H3,(H,8,9)/i1D3,2D2. The molecule has 0 aliphatic rings. The second kappa shape index (κ2) is 6.36. The van der Waals surface area contributed by atoms with E-state index >= 15 is 0 Å². The molecule has 0 bridgehead atoms. The number of hydrogen-bond acceptors (Lipinski definition) is 2. The van der Waals surface area contributed by atoms with Crippen LogP contribution >= 0.6 is 24.8 Å². The van der Waals surface area contributed by atoms with Crippen LogP contribution in [-0.2, 0) is 4.74 Å². The molecule has 0 atom stereocenters. The van der Waals surface area contributed by atoms with E-state index in [0.717, 1.165) is 0 Å². The first-order valence-electron chi connectivity index (χ1n) is 5.02. The van der Waals surface area contributed by atoms with Gasteiger partial charge in [-0.25, -0.2) is 0 Å². The number of thiocarbonyl (C=S) groups is 1. The number of rotatable bonds is 4. The number of ether oxygens (including phenoxy) is 1. The van der Waals surface area contributed by atoms with Crippen molar-refractivity contribution in [2.24, 2.45) is 0 Å². The van der Waals surface area contributed by atoms with Gasteiger partial charge in [-0.1, -0.05) is 32.3 Å². The minimum Gasteiger partial charge on any atom is -0.479 e. The van der Waals surface area contributed by atoms with Crippen LogP contribution in [0.2, 0.25) is 0 Å². The fraction of sp³-hybridized carbons (Fsp3) is 0.833. The Kier molecular flexibility index (Phi) is 2.53. The molecule has 0 saturated carbocycles. The Morgan fingerprint density at radius 1 is 1.89 bits per heavy atom. The van der Waals surface area contributed by atoms with Crippen molar-refractivity contribution in [2.45, 2.75) is 26.1 Å². The first-order chi connectivity index (χ1) is 6.17. The Hall–Kier alpha value is 0.240. The van der Waals surface area contributed by atoms with Crippen molar-refractivity contribution in [3.05, 3.63) is 0 Å². The van der Waals surface area contributed by atoms with Crippen LogP contribution in [0, 0.1) is 0 Å². The SMILES string of the molecule is [2H]C([2H])([2H])C([2H])([2H])CCCOC(=S)S. The van der Waals surface area contributed by atoms with E-state index in [1.807, 2.05) is 0 Å². The molecule has 0 aliphatic carbocycles. The Morgan fingerprint density at radius 2 is 2.67 bits per heavy atom. The highest BCUT2D eigenvalue weighted by Crippen LogP contribution is 1.95. The van der Waals surface area contributed by atoms with Crippen LogP contribution in [0.15, 0.2) is 0 Å². The van der Waals surface area contributed by atoms with E-state index in [2.05, 4.69) is 24.8 Å². The highest BCUT2D eigenvalue weighted by atomic mass is 32.1. The number of thiol groups is 1. The van der Waals surface area contributed by atoms with Crippen molar-refractivity contribution in [3.8, 4) is 0 Å². The maximum absolute atomic E-state index is 7.26. The van der Waals surface area contributed by atoms with Gasteiger partial charge in [0, 0.05) is 6.85 Å². The van der Waals surface area contributed by atoms with E-state index in [9.17, 15) is 0 Å². The summed E-state index contributed by atoms with van der Waals surface area (Å²) < 4.78 is 40.2. The van der Waals surface area contributed by atoms with Gasteiger partial charge in [0.2, 0.25) is 4.38 Å². The first-order valence-corrected chi connectivity index (χ1v) is 3.38. The molecule has 9 heavy (non-hydrogen) atoms. The smallest absolute Gasteiger partial charge is 0.216 e. The average Bonchev–Trinajstić information content (AvgIpc) is 1.95. The van der Waals surface area contributed by atoms with Gasteiger partial charge in [-0.15, -0.1) is 0 Å². The van der Waals surface area contributed by atoms with Gasteiger partial charge < -0.3 is 4.74 Å². The highest BCUT2D eigenvalue weighted by Gasteiger charge is 1.87. The van der Waals surface area contributed by atoms with E-state index in [-0.39, 0.29) is 17.4 Å². The highest BCUT2D eigenvalue weighted by molar-refractivity contribution is 8.10. The Balaban J connectivity index is 3.83. The summed E-state index contributed by atoms with van der Waals surface area (Å²) in [6, 6.07) is 0. The van der Waals surface area contributed by atoms with Gasteiger partial charge in [0.25, 0.3) is 0 Å². The molecule has 54 valence electrons. The maximum atomic E-state index is 7.26. The van der Waals surface area contributed by atoms with Gasteiger partial charge in [0.05, 0.1) is 6.61 Å². The monoisotopic (exact) mass is 169 g/mol. The molecule has 0 heterocycles. The summed E-state index contributed by atoms with van der Waals surface area (Å²) in [7, 11) is 0. The van der Waals surface area contributed by atoms with Crippen LogP contribution in [-0.4, -0.2) is 11.0 Å². The van der Waals surface area contributed by atoms with Gasteiger partial charge in [0.1, 0.15) is 0 Å². The summed E-state index contributed by atoms with van der Waals surface area (Å²) >= 11 is 8.22. The second-order valence-electron chi connectivity index (χ2n) is 1.39. The predicted molar refractivity (Wildman–Crippen MR) is 47.1 cm³/mol. The minimum absolute atomic E-state index is 0.0828. The van der Waals surface area contributed by atoms with Crippen molar-refractivity contribution < 1.29 is 11.6 Å². The van der Waals surface area contributed by atoms with E-state index in [4.69, 9.17) is 11.6 Å². The Morgan fingerprint density at radius 3 is 3.22 bits per heavy atom. The molecule has 0 aliphatic heterocycles. The zero-order chi connectivity index (χ0) is 11.4. The predicted octanol–water partition coefficient (Wildman–Crippen LogP) is 2.41. The van der Waals surface area contributed by atoms with Crippen molar-refractivity contribution >= 4 is 29.2 Å². The zero-order valence-corrected chi connectivity index (χ0v) is 6.60. The molecule has 0 rings (SSSR count). The molecule has 0 aromatic rings. The normalized spacial score (nSPS) is 20.3. The summed E-state index contributed by atoms with van der Waals surface area (Å²) in [6.45, 7) is -2.40. The zero-order valence-electron chi connectivity index (χ0n) is 9.89. The van der Waals surface area contributed by atoms with Crippen LogP contribution in [0.25, 0.3) is 0 Å². The largest absolute Gasteiger partial charge is 0.479 e. The van der Waals surface area contributed by atoms with Crippen LogP contribution in [0.3, 0.4) is 0 Å². The molecule has 1 nitrogen and oxygen atoms in total. The van der Waals surface area contributed by atoms with Gasteiger partial charge in [-0.2, -0.15) is 0 Å². The second-order valence-corrected chi connectivity index (χ2v) is 2.47. The Labute approximate surface area is 74.2 Å². The average molecular weight is 169 g/mol. The fourth-order valence-electron chi connectivity index (χ4n) is 0.320. The lowest BCUT2D eigenvalue weighted by atomic mass is 10.3. The molecule has 0 N–H and O–H groups in total. The first kappa shape index (κ1) is 3.58. The third-order valence-electron chi connectivity index (χ3n) is 0.672. The van der Waals surface area contributed by atoms with Crippen molar-refractivity contribution in [1.29, 1.82) is 0 Å². The van der Waals surface area contributed by atoms with Gasteiger partial charge in [0.15, 0.2) is 0 Å². The van der Waals surface area contributed by atoms with Crippen LogP contribution < -0.4 is 0 Å². The van der Waals surface area contributed by atoms with Crippen molar-refractivity contribution in [3.63, 3.8) is 0 Å². The fourth-order valence-corrected chi connectivity index (χ4v) is 0.495. The lowest BCUT2D eigenvalue weighted by Crippen LogP contribution is -1.95. The molecule has 3 heteroatoms. The van der Waals surface area contributed by atoms with E-state index in [0.29, 0.717) is 6.42 Å². The molecule has 0 radical (unpaired) electrons. The molecule has 0 saturated heterocycles. The minimum atomic E-state index is -2.59. The van der Waals surface area contributed by atoms with E-state index in [1.54, 1.807) is 0 Å². The van der Waals surface area contributed by atoms with Crippen molar-refractivity contribution in [2.75, 3.05) is 6.61 Å². The van der Waals surface area contributed by atoms with E-state index < -0.39 is 13.2 Å². The molecule has 0 spiro atoms. The van der Waals surface area contributed by atoms with E-state index in [1.165, 1.54) is 0 Å². The molecule has 0 aromatic heterocycles. The third kappa shape index (κ3) is 8.24. The molecule has 0 fully saturated rings. The van der Waals surface area contributed by atoms with Gasteiger partial charge in [-0.05, 0) is 18.6 Å². The summed E-state index contributed by atoms with van der Waals surface area (Å²) in [4.78, 5) is 0. The molecule has 0 aromatic carbocycles. The molecular weight excluding hydrogens is 152 g/mol. The molecule has 0 unspecified atom stereocenters. The maximum Gasteiger partial charge on any atom is 0.216 e. The van der Waals surface area contributed by atoms with Crippen LogP contribution in [0.4, 0.5) is 0 Å². The lowest BCUT2D eigenvalue weighted by Gasteiger charge is -1.99. The molecular formula is C6H12OS2. The summed E-state index contributed by atoms with van der Waals surface area (Å²) in [5.74, 6) is 0. The lowest BCUT2D eigenvalue weighted by molar-refractivity contribution is 0.310. The molecule has 0 amide bonds. The number of hydrogen-bond donors (Lipinski definition) is 1. The van der Waals surface area contributed by atoms with Crippen LogP contribution in [0.5, 0.6) is 0 Å². The Bertz CT molecular complexity index is 203. The van der Waals surface area contributed by atoms with Crippen LogP contribution in [0.1, 0.15) is 32.9 Å². The van der Waals surface area contributed by atoms with Gasteiger partial charge >= 0.3 is 0 Å². The summed E-state index contributed by atoms with van der Waals surface area (Å²) in [5, 5.41) is 0. The van der Waals surface area contributed by atoms with Gasteiger partial charge in [-0.3, -0.25) is 0 Å².